The van der Waals surface area contributed by atoms with Crippen LogP contribution in [0, 0.1) is 0 Å². The van der Waals surface area contributed by atoms with Crippen molar-refractivity contribution < 1.29 is 76.3 Å². The molecule has 0 fully saturated rings. The van der Waals surface area contributed by atoms with Crippen molar-refractivity contribution >= 4 is 69.3 Å². The Balaban J connectivity index is 0.000000355. The monoisotopic (exact) mass is 914 g/mol. The Kier molecular flexibility index (Phi) is 17.7. The minimum Gasteiger partial charge on any atom is -0.423 e. The molecule has 0 amide bonds. The molecular formula is C51H46O16. The molecular weight excluding hydrogens is 869 g/mol. The molecule has 0 saturated heterocycles. The summed E-state index contributed by atoms with van der Waals surface area (Å²) in [5, 5.41) is 1.47. The number of benzene rings is 4. The van der Waals surface area contributed by atoms with E-state index in [0.29, 0.717) is 21.5 Å². The van der Waals surface area contributed by atoms with Crippen LogP contribution in [0.4, 0.5) is 0 Å². The van der Waals surface area contributed by atoms with E-state index in [0.717, 1.165) is 6.08 Å². The third-order valence-electron chi connectivity index (χ3n) is 8.16. The van der Waals surface area contributed by atoms with Gasteiger partial charge in [-0.05, 0) is 107 Å². The third-order valence-corrected chi connectivity index (χ3v) is 8.16. The summed E-state index contributed by atoms with van der Waals surface area (Å²) in [6.07, 6.45) is 0.930. The van der Waals surface area contributed by atoms with Gasteiger partial charge in [-0.25, -0.2) is 38.4 Å². The molecule has 0 aliphatic heterocycles. The minimum atomic E-state index is -0.805. The highest BCUT2D eigenvalue weighted by atomic mass is 16.6. The molecule has 0 aliphatic rings. The van der Waals surface area contributed by atoms with Crippen molar-refractivity contribution in [3.05, 3.63) is 146 Å². The molecule has 0 bridgehead atoms. The van der Waals surface area contributed by atoms with Gasteiger partial charge in [-0.15, -0.1) is 0 Å². The van der Waals surface area contributed by atoms with Crippen LogP contribution < -0.4 is 37.9 Å². The number of fused-ring (bicyclic) bond motifs is 2. The van der Waals surface area contributed by atoms with Crippen LogP contribution in [-0.2, 0) is 38.4 Å². The summed E-state index contributed by atoms with van der Waals surface area (Å²) >= 11 is 0. The summed E-state index contributed by atoms with van der Waals surface area (Å²) in [6, 6.07) is 11.1. The highest BCUT2D eigenvalue weighted by Gasteiger charge is 2.23. The first-order chi connectivity index (χ1) is 31.2. The lowest BCUT2D eigenvalue weighted by atomic mass is 10.1. The molecule has 0 N–H and O–H groups in total. The Labute approximate surface area is 385 Å². The lowest BCUT2D eigenvalue weighted by molar-refractivity contribution is -0.132. The van der Waals surface area contributed by atoms with E-state index in [9.17, 15) is 38.4 Å². The first-order valence-corrected chi connectivity index (χ1v) is 19.4. The molecule has 4 rings (SSSR count). The average Bonchev–Trinajstić information content (AvgIpc) is 3.24. The van der Waals surface area contributed by atoms with Crippen LogP contribution in [0.25, 0.3) is 21.5 Å². The van der Waals surface area contributed by atoms with Crippen molar-refractivity contribution in [2.45, 2.75) is 48.5 Å². The van der Waals surface area contributed by atoms with E-state index in [1.807, 2.05) is 0 Å². The zero-order chi connectivity index (χ0) is 50.6. The normalized spacial score (nSPS) is 10.1. The fourth-order valence-electron chi connectivity index (χ4n) is 4.66. The second-order valence-corrected chi connectivity index (χ2v) is 14.7. The molecule has 4 aromatic rings. The lowest BCUT2D eigenvalue weighted by Gasteiger charge is -2.15. The Morgan fingerprint density at radius 3 is 0.881 bits per heavy atom. The topological polar surface area (TPSA) is 210 Å². The van der Waals surface area contributed by atoms with E-state index in [4.69, 9.17) is 37.9 Å². The van der Waals surface area contributed by atoms with Gasteiger partial charge in [0.1, 0.15) is 11.5 Å². The van der Waals surface area contributed by atoms with E-state index >= 15 is 0 Å². The molecule has 0 atom stereocenters. The second-order valence-electron chi connectivity index (χ2n) is 14.7. The molecule has 67 heavy (non-hydrogen) atoms. The van der Waals surface area contributed by atoms with Gasteiger partial charge in [0.15, 0.2) is 34.5 Å². The first-order valence-electron chi connectivity index (χ1n) is 19.4. The number of esters is 8. The number of rotatable bonds is 16. The number of ether oxygens (including phenoxy) is 8. The van der Waals surface area contributed by atoms with Crippen molar-refractivity contribution in [3.63, 3.8) is 0 Å². The van der Waals surface area contributed by atoms with Gasteiger partial charge in [0.25, 0.3) is 0 Å². The van der Waals surface area contributed by atoms with Crippen LogP contribution >= 0.6 is 0 Å². The molecule has 0 aromatic heterocycles. The SMILES string of the molecule is C=C(C)C(=O)Oc1cc2cc(OC(=O)C(=C)C)c(OC(=O)C(=C)C)cc2cc1OC(=O)C(=C)C.C=CC(=O)Oc1cc2cc(OC(=O)C(=C)C)cc(OC(=O)C(=C)C)c2cc1OC(=O)C(=C)C. The summed E-state index contributed by atoms with van der Waals surface area (Å²) in [4.78, 5) is 96.6. The molecule has 0 spiro atoms. The number of carbonyl (C=O) groups is 8. The molecule has 0 radical (unpaired) electrons. The third kappa shape index (κ3) is 14.6. The maximum atomic E-state index is 12.2. The predicted octanol–water partition coefficient (Wildman–Crippen LogP) is 9.14. The fourth-order valence-corrected chi connectivity index (χ4v) is 4.66. The van der Waals surface area contributed by atoms with Crippen molar-refractivity contribution in [2.24, 2.45) is 0 Å². The summed E-state index contributed by atoms with van der Waals surface area (Å²) in [5.41, 5.74) is 0.861. The number of hydrogen-bond acceptors (Lipinski definition) is 16. The molecule has 346 valence electrons. The highest BCUT2D eigenvalue weighted by Crippen LogP contribution is 2.41. The van der Waals surface area contributed by atoms with Gasteiger partial charge >= 0.3 is 47.8 Å². The Bertz CT molecular complexity index is 2710. The van der Waals surface area contributed by atoms with Crippen LogP contribution in [0.15, 0.2) is 146 Å². The molecule has 4 aromatic carbocycles. The van der Waals surface area contributed by atoms with E-state index in [1.54, 1.807) is 0 Å². The largest absolute Gasteiger partial charge is 0.423 e. The predicted molar refractivity (Wildman–Crippen MR) is 247 cm³/mol. The Morgan fingerprint density at radius 1 is 0.328 bits per heavy atom. The smallest absolute Gasteiger partial charge is 0.338 e. The zero-order valence-electron chi connectivity index (χ0n) is 37.9. The quantitative estimate of drug-likeness (QED) is 0.0582. The summed E-state index contributed by atoms with van der Waals surface area (Å²) in [7, 11) is 0. The minimum absolute atomic E-state index is 0.0146. The maximum absolute atomic E-state index is 12.2. The van der Waals surface area contributed by atoms with Crippen LogP contribution in [0.2, 0.25) is 0 Å². The number of carbonyl (C=O) groups excluding carboxylic acids is 8. The van der Waals surface area contributed by atoms with Crippen molar-refractivity contribution in [1.29, 1.82) is 0 Å². The van der Waals surface area contributed by atoms with E-state index in [2.05, 4.69) is 52.6 Å². The van der Waals surface area contributed by atoms with Crippen LogP contribution in [0.5, 0.6) is 46.0 Å². The average molecular weight is 915 g/mol. The van der Waals surface area contributed by atoms with Gasteiger partial charge < -0.3 is 37.9 Å². The molecule has 0 heterocycles. The maximum Gasteiger partial charge on any atom is 0.338 e. The van der Waals surface area contributed by atoms with Gasteiger partial charge in [-0.3, -0.25) is 0 Å². The Morgan fingerprint density at radius 2 is 0.582 bits per heavy atom. The van der Waals surface area contributed by atoms with Gasteiger partial charge in [0.05, 0.1) is 0 Å². The van der Waals surface area contributed by atoms with Crippen LogP contribution in [-0.4, -0.2) is 47.8 Å². The van der Waals surface area contributed by atoms with Crippen LogP contribution in [0.3, 0.4) is 0 Å². The van der Waals surface area contributed by atoms with E-state index in [-0.39, 0.29) is 85.0 Å². The van der Waals surface area contributed by atoms with Gasteiger partial charge in [-0.1, -0.05) is 52.6 Å². The molecule has 16 nitrogen and oxygen atoms in total. The van der Waals surface area contributed by atoms with E-state index < -0.39 is 47.8 Å². The van der Waals surface area contributed by atoms with Gasteiger partial charge in [0.2, 0.25) is 0 Å². The van der Waals surface area contributed by atoms with Gasteiger partial charge in [-0.2, -0.15) is 0 Å². The fraction of sp³-hybridized carbons (Fsp3) is 0.137. The second kappa shape index (κ2) is 22.6. The Hall–Kier alpha value is -8.92. The standard InChI is InChI=1S/C26H24O8.C25H22O8/c1-13(2)23(27)31-19-9-17-11-21(33-25(29)15(5)6)22(34-26(30)16(7)8)12-18(17)10-20(19)32-24(28)14(3)4;1-8-22(26)31-20-10-16-9-17(30-23(27)13(2)3)11-19(32-24(28)14(4)5)18(16)12-21(20)33-25(29)15(6)7/h9-12H,1,3,5,7H2,2,4,6,8H3;8-12H,1-2,4,6H2,3,5,7H3. The molecule has 0 aliphatic carbocycles. The summed E-state index contributed by atoms with van der Waals surface area (Å²) in [6.45, 7) is 38.3. The van der Waals surface area contributed by atoms with Crippen molar-refractivity contribution in [1.82, 2.24) is 0 Å². The molecule has 0 unspecified atom stereocenters. The van der Waals surface area contributed by atoms with E-state index in [1.165, 1.54) is 97.0 Å². The highest BCUT2D eigenvalue weighted by molar-refractivity contribution is 6.00. The zero-order valence-corrected chi connectivity index (χ0v) is 37.9. The van der Waals surface area contributed by atoms with Gasteiger partial charge in [0, 0.05) is 56.5 Å². The molecule has 0 saturated carbocycles. The van der Waals surface area contributed by atoms with Crippen molar-refractivity contribution in [3.8, 4) is 46.0 Å². The lowest BCUT2D eigenvalue weighted by Crippen LogP contribution is -2.13. The molecule has 16 heteroatoms. The van der Waals surface area contributed by atoms with Crippen LogP contribution in [0.1, 0.15) is 48.5 Å². The summed E-state index contributed by atoms with van der Waals surface area (Å²) in [5.74, 6) is -6.55. The first kappa shape index (κ1) is 52.4. The summed E-state index contributed by atoms with van der Waals surface area (Å²) < 4.78 is 42.4. The van der Waals surface area contributed by atoms with Crippen molar-refractivity contribution in [2.75, 3.05) is 0 Å². The number of hydrogen-bond donors (Lipinski definition) is 0.